The molecular weight excluding hydrogens is 305 g/mol. The van der Waals surface area contributed by atoms with Crippen LogP contribution in [-0.4, -0.2) is 0 Å². The van der Waals surface area contributed by atoms with E-state index in [9.17, 15) is 4.39 Å². The van der Waals surface area contributed by atoms with Gasteiger partial charge in [-0.25, -0.2) is 4.39 Å². The molecule has 0 amide bonds. The second-order valence-electron chi connectivity index (χ2n) is 3.61. The highest BCUT2D eigenvalue weighted by Gasteiger charge is 2.00. The minimum absolute atomic E-state index is 0.253. The van der Waals surface area contributed by atoms with Crippen LogP contribution < -0.4 is 5.32 Å². The zero-order valence-electron chi connectivity index (χ0n) is 8.88. The molecule has 0 aromatic heterocycles. The van der Waals surface area contributed by atoms with Crippen molar-refractivity contribution in [1.82, 2.24) is 0 Å². The molecule has 0 radical (unpaired) electrons. The lowest BCUT2D eigenvalue weighted by atomic mass is 10.2. The van der Waals surface area contributed by atoms with Crippen molar-refractivity contribution in [2.75, 3.05) is 5.32 Å². The molecule has 0 unspecified atom stereocenters. The molecule has 88 valence electrons. The van der Waals surface area contributed by atoms with Gasteiger partial charge in [0.15, 0.2) is 0 Å². The van der Waals surface area contributed by atoms with E-state index in [4.69, 9.17) is 11.6 Å². The van der Waals surface area contributed by atoms with Crippen LogP contribution in [0.1, 0.15) is 5.56 Å². The topological polar surface area (TPSA) is 12.0 Å². The van der Waals surface area contributed by atoms with Crippen LogP contribution in [0.25, 0.3) is 0 Å². The van der Waals surface area contributed by atoms with E-state index in [1.807, 2.05) is 24.3 Å². The molecule has 0 saturated carbocycles. The summed E-state index contributed by atoms with van der Waals surface area (Å²) in [6, 6.07) is 12.4. The Morgan fingerprint density at radius 2 is 2.00 bits per heavy atom. The molecule has 1 N–H and O–H groups in total. The number of hydrogen-bond donors (Lipinski definition) is 1. The molecule has 17 heavy (non-hydrogen) atoms. The fraction of sp³-hybridized carbons (Fsp3) is 0.0769. The van der Waals surface area contributed by atoms with Crippen molar-refractivity contribution in [2.45, 2.75) is 6.54 Å². The first-order chi connectivity index (χ1) is 8.15. The first kappa shape index (κ1) is 12.4. The Labute approximate surface area is 113 Å². The first-order valence-electron chi connectivity index (χ1n) is 5.08. The van der Waals surface area contributed by atoms with Crippen molar-refractivity contribution in [3.8, 4) is 0 Å². The highest BCUT2D eigenvalue weighted by atomic mass is 79.9. The molecule has 0 heterocycles. The Hall–Kier alpha value is -1.06. The summed E-state index contributed by atoms with van der Waals surface area (Å²) in [6.07, 6.45) is 0. The maximum absolute atomic E-state index is 13.0. The van der Waals surface area contributed by atoms with Gasteiger partial charge in [-0.2, -0.15) is 0 Å². The van der Waals surface area contributed by atoms with Crippen LogP contribution in [0.4, 0.5) is 10.1 Å². The highest BCUT2D eigenvalue weighted by Crippen LogP contribution is 2.19. The van der Waals surface area contributed by atoms with Crippen LogP contribution in [-0.2, 0) is 6.54 Å². The van der Waals surface area contributed by atoms with Crippen LogP contribution in [0.3, 0.4) is 0 Å². The van der Waals surface area contributed by atoms with Crippen LogP contribution >= 0.6 is 27.5 Å². The average molecular weight is 315 g/mol. The Morgan fingerprint density at radius 1 is 1.18 bits per heavy atom. The fourth-order valence-electron chi connectivity index (χ4n) is 1.45. The Balaban J connectivity index is 2.05. The number of rotatable bonds is 3. The third kappa shape index (κ3) is 3.45. The van der Waals surface area contributed by atoms with Crippen molar-refractivity contribution < 1.29 is 4.39 Å². The molecule has 0 spiro atoms. The molecule has 1 nitrogen and oxygen atoms in total. The molecule has 0 aliphatic carbocycles. The zero-order chi connectivity index (χ0) is 12.3. The summed E-state index contributed by atoms with van der Waals surface area (Å²) in [5.74, 6) is -0.253. The van der Waals surface area contributed by atoms with E-state index in [0.29, 0.717) is 16.0 Å². The molecule has 2 rings (SSSR count). The first-order valence-corrected chi connectivity index (χ1v) is 6.25. The molecule has 0 saturated heterocycles. The van der Waals surface area contributed by atoms with Gasteiger partial charge in [-0.15, -0.1) is 0 Å². The van der Waals surface area contributed by atoms with E-state index in [2.05, 4.69) is 21.2 Å². The molecular formula is C13H10BrClFN. The van der Waals surface area contributed by atoms with Crippen molar-refractivity contribution in [3.05, 3.63) is 63.3 Å². The predicted molar refractivity (Wildman–Crippen MR) is 72.9 cm³/mol. The van der Waals surface area contributed by atoms with Gasteiger partial charge in [0.1, 0.15) is 5.82 Å². The minimum Gasteiger partial charge on any atom is -0.381 e. The monoisotopic (exact) mass is 313 g/mol. The Morgan fingerprint density at radius 3 is 2.71 bits per heavy atom. The van der Waals surface area contributed by atoms with E-state index in [-0.39, 0.29) is 5.82 Å². The summed E-state index contributed by atoms with van der Waals surface area (Å²) in [5.41, 5.74) is 1.94. The van der Waals surface area contributed by atoms with Crippen LogP contribution in [0.5, 0.6) is 0 Å². The highest BCUT2D eigenvalue weighted by molar-refractivity contribution is 9.10. The second kappa shape index (κ2) is 5.52. The number of halogens is 3. The third-order valence-electron chi connectivity index (χ3n) is 2.31. The van der Waals surface area contributed by atoms with Gasteiger partial charge in [0.05, 0.1) is 4.47 Å². The average Bonchev–Trinajstić information content (AvgIpc) is 2.31. The van der Waals surface area contributed by atoms with E-state index in [0.717, 1.165) is 11.3 Å². The molecule has 2 aromatic carbocycles. The summed E-state index contributed by atoms with van der Waals surface area (Å²) >= 11 is 9.04. The van der Waals surface area contributed by atoms with E-state index < -0.39 is 0 Å². The molecule has 4 heteroatoms. The maximum atomic E-state index is 13.0. The van der Waals surface area contributed by atoms with Crippen molar-refractivity contribution >= 4 is 33.2 Å². The van der Waals surface area contributed by atoms with Gasteiger partial charge in [-0.05, 0) is 51.8 Å². The van der Waals surface area contributed by atoms with Gasteiger partial charge in [0.25, 0.3) is 0 Å². The summed E-state index contributed by atoms with van der Waals surface area (Å²) in [6.45, 7) is 0.624. The Kier molecular flexibility index (Phi) is 4.02. The lowest BCUT2D eigenvalue weighted by Crippen LogP contribution is -1.99. The molecule has 0 fully saturated rings. The summed E-state index contributed by atoms with van der Waals surface area (Å²) in [5, 5.41) is 3.91. The van der Waals surface area contributed by atoms with Crippen molar-refractivity contribution in [3.63, 3.8) is 0 Å². The van der Waals surface area contributed by atoms with Crippen LogP contribution in [0.2, 0.25) is 5.02 Å². The fourth-order valence-corrected chi connectivity index (χ4v) is 2.07. The van der Waals surface area contributed by atoms with Crippen molar-refractivity contribution in [1.29, 1.82) is 0 Å². The van der Waals surface area contributed by atoms with Gasteiger partial charge in [0, 0.05) is 17.3 Å². The van der Waals surface area contributed by atoms with Gasteiger partial charge < -0.3 is 5.32 Å². The van der Waals surface area contributed by atoms with Gasteiger partial charge in [0.2, 0.25) is 0 Å². The molecule has 2 aromatic rings. The normalized spacial score (nSPS) is 10.3. The molecule has 0 aliphatic heterocycles. The van der Waals surface area contributed by atoms with E-state index in [1.165, 1.54) is 6.07 Å². The standard InChI is InChI=1S/C13H10BrClFN/c14-12-6-9(4-5-13(12)16)8-17-11-3-1-2-10(15)7-11/h1-7,17H,8H2. The van der Waals surface area contributed by atoms with E-state index >= 15 is 0 Å². The summed E-state index contributed by atoms with van der Waals surface area (Å²) < 4.78 is 13.5. The third-order valence-corrected chi connectivity index (χ3v) is 3.15. The second-order valence-corrected chi connectivity index (χ2v) is 4.90. The van der Waals surface area contributed by atoms with Crippen LogP contribution in [0.15, 0.2) is 46.9 Å². The lowest BCUT2D eigenvalue weighted by molar-refractivity contribution is 0.620. The quantitative estimate of drug-likeness (QED) is 0.853. The predicted octanol–water partition coefficient (Wildman–Crippen LogP) is 4.85. The smallest absolute Gasteiger partial charge is 0.137 e. The zero-order valence-corrected chi connectivity index (χ0v) is 11.2. The van der Waals surface area contributed by atoms with Crippen LogP contribution in [0, 0.1) is 5.82 Å². The number of nitrogens with one attached hydrogen (secondary N) is 1. The van der Waals surface area contributed by atoms with Gasteiger partial charge >= 0.3 is 0 Å². The maximum Gasteiger partial charge on any atom is 0.137 e. The van der Waals surface area contributed by atoms with Crippen molar-refractivity contribution in [2.24, 2.45) is 0 Å². The summed E-state index contributed by atoms with van der Waals surface area (Å²) in [7, 11) is 0. The number of benzene rings is 2. The van der Waals surface area contributed by atoms with Gasteiger partial charge in [-0.3, -0.25) is 0 Å². The molecule has 0 bridgehead atoms. The summed E-state index contributed by atoms with van der Waals surface area (Å²) in [4.78, 5) is 0. The largest absolute Gasteiger partial charge is 0.381 e. The molecule has 0 atom stereocenters. The number of hydrogen-bond acceptors (Lipinski definition) is 1. The lowest BCUT2D eigenvalue weighted by Gasteiger charge is -2.07. The van der Waals surface area contributed by atoms with Gasteiger partial charge in [-0.1, -0.05) is 23.7 Å². The minimum atomic E-state index is -0.253. The SMILES string of the molecule is Fc1ccc(CNc2cccc(Cl)c2)cc1Br. The Bertz CT molecular complexity index is 531. The molecule has 0 aliphatic rings. The number of anilines is 1. The van der Waals surface area contributed by atoms with E-state index in [1.54, 1.807) is 12.1 Å².